The lowest BCUT2D eigenvalue weighted by Crippen LogP contribution is -2.30. The summed E-state index contributed by atoms with van der Waals surface area (Å²) in [6.07, 6.45) is -0.556. The van der Waals surface area contributed by atoms with Crippen LogP contribution < -0.4 is 10.1 Å². The van der Waals surface area contributed by atoms with Crippen molar-refractivity contribution < 1.29 is 9.53 Å². The van der Waals surface area contributed by atoms with Crippen molar-refractivity contribution in [1.82, 2.24) is 0 Å². The van der Waals surface area contributed by atoms with E-state index >= 15 is 0 Å². The third-order valence-corrected chi connectivity index (χ3v) is 4.13. The third-order valence-electron chi connectivity index (χ3n) is 3.46. The summed E-state index contributed by atoms with van der Waals surface area (Å²) in [5.74, 6) is 0.604. The van der Waals surface area contributed by atoms with Gasteiger partial charge in [-0.25, -0.2) is 0 Å². The number of nitrogens with one attached hydrogen (secondary N) is 1. The molecule has 2 aromatic rings. The number of amides is 1. The van der Waals surface area contributed by atoms with Gasteiger partial charge in [0.15, 0.2) is 6.10 Å². The second-order valence-electron chi connectivity index (χ2n) is 5.48. The standard InChI is InChI=1S/C18H20INO2/c1-11-5-6-12(2)17(9-11)22-14(4)18(21)20-16-8-7-15(19)10-13(16)3/h5-10,14H,1-4H3,(H,20,21)/t14-/m0/s1. The highest BCUT2D eigenvalue weighted by molar-refractivity contribution is 14.1. The zero-order chi connectivity index (χ0) is 16.3. The largest absolute Gasteiger partial charge is 0.481 e. The van der Waals surface area contributed by atoms with Crippen LogP contribution in [0.3, 0.4) is 0 Å². The van der Waals surface area contributed by atoms with E-state index < -0.39 is 6.10 Å². The van der Waals surface area contributed by atoms with Gasteiger partial charge < -0.3 is 10.1 Å². The molecule has 0 radical (unpaired) electrons. The van der Waals surface area contributed by atoms with E-state index in [0.29, 0.717) is 0 Å². The minimum Gasteiger partial charge on any atom is -0.481 e. The average molecular weight is 409 g/mol. The minimum absolute atomic E-state index is 0.148. The molecule has 0 aliphatic heterocycles. The smallest absolute Gasteiger partial charge is 0.265 e. The highest BCUT2D eigenvalue weighted by atomic mass is 127. The van der Waals surface area contributed by atoms with Crippen molar-refractivity contribution >= 4 is 34.2 Å². The molecule has 0 saturated carbocycles. The number of aryl methyl sites for hydroxylation is 3. The van der Waals surface area contributed by atoms with Crippen molar-refractivity contribution in [3.63, 3.8) is 0 Å². The van der Waals surface area contributed by atoms with Crippen LogP contribution in [-0.4, -0.2) is 12.0 Å². The van der Waals surface area contributed by atoms with E-state index in [-0.39, 0.29) is 5.91 Å². The summed E-state index contributed by atoms with van der Waals surface area (Å²) in [5, 5.41) is 2.92. The Labute approximate surface area is 145 Å². The first-order valence-electron chi connectivity index (χ1n) is 7.18. The Morgan fingerprint density at radius 3 is 2.50 bits per heavy atom. The zero-order valence-electron chi connectivity index (χ0n) is 13.2. The summed E-state index contributed by atoms with van der Waals surface area (Å²) in [5.41, 5.74) is 4.00. The van der Waals surface area contributed by atoms with E-state index in [1.807, 2.05) is 57.2 Å². The Morgan fingerprint density at radius 2 is 1.82 bits per heavy atom. The number of rotatable bonds is 4. The molecule has 0 aliphatic carbocycles. The van der Waals surface area contributed by atoms with E-state index in [1.165, 1.54) is 0 Å². The number of hydrogen-bond acceptors (Lipinski definition) is 2. The predicted octanol–water partition coefficient (Wildman–Crippen LogP) is 4.62. The maximum absolute atomic E-state index is 12.3. The summed E-state index contributed by atoms with van der Waals surface area (Å²) in [7, 11) is 0. The molecule has 0 spiro atoms. The summed E-state index contributed by atoms with van der Waals surface area (Å²) in [6, 6.07) is 11.9. The SMILES string of the molecule is Cc1ccc(C)c(O[C@@H](C)C(=O)Nc2ccc(I)cc2C)c1. The molecule has 4 heteroatoms. The van der Waals surface area contributed by atoms with E-state index in [4.69, 9.17) is 4.74 Å². The van der Waals surface area contributed by atoms with Crippen LogP contribution in [0.1, 0.15) is 23.6 Å². The molecule has 1 N–H and O–H groups in total. The van der Waals surface area contributed by atoms with Gasteiger partial charge in [0.05, 0.1) is 0 Å². The lowest BCUT2D eigenvalue weighted by Gasteiger charge is -2.17. The summed E-state index contributed by atoms with van der Waals surface area (Å²) >= 11 is 2.25. The molecule has 1 amide bonds. The summed E-state index contributed by atoms with van der Waals surface area (Å²) < 4.78 is 6.96. The van der Waals surface area contributed by atoms with Gasteiger partial charge in [0.2, 0.25) is 0 Å². The first kappa shape index (κ1) is 16.8. The van der Waals surface area contributed by atoms with Gasteiger partial charge in [-0.3, -0.25) is 4.79 Å². The number of hydrogen-bond donors (Lipinski definition) is 1. The number of anilines is 1. The second-order valence-corrected chi connectivity index (χ2v) is 6.72. The maximum Gasteiger partial charge on any atom is 0.265 e. The fourth-order valence-corrected chi connectivity index (χ4v) is 2.73. The summed E-state index contributed by atoms with van der Waals surface area (Å²) in [6.45, 7) is 7.72. The molecular weight excluding hydrogens is 389 g/mol. The fraction of sp³-hybridized carbons (Fsp3) is 0.278. The number of benzene rings is 2. The third kappa shape index (κ3) is 4.22. The molecule has 2 rings (SSSR count). The van der Waals surface area contributed by atoms with Crippen LogP contribution in [0.4, 0.5) is 5.69 Å². The molecule has 0 heterocycles. The minimum atomic E-state index is -0.556. The quantitative estimate of drug-likeness (QED) is 0.749. The monoisotopic (exact) mass is 409 g/mol. The molecule has 2 aromatic carbocycles. The lowest BCUT2D eigenvalue weighted by molar-refractivity contribution is -0.122. The number of halogens is 1. The van der Waals surface area contributed by atoms with E-state index in [1.54, 1.807) is 6.92 Å². The normalized spacial score (nSPS) is 11.9. The van der Waals surface area contributed by atoms with Gasteiger partial charge in [0.1, 0.15) is 5.75 Å². The first-order valence-corrected chi connectivity index (χ1v) is 8.25. The van der Waals surface area contributed by atoms with Crippen molar-refractivity contribution in [3.8, 4) is 5.75 Å². The van der Waals surface area contributed by atoms with Gasteiger partial charge in [-0.1, -0.05) is 12.1 Å². The van der Waals surface area contributed by atoms with Crippen LogP contribution in [0.15, 0.2) is 36.4 Å². The number of ether oxygens (including phenoxy) is 1. The molecule has 0 unspecified atom stereocenters. The fourth-order valence-electron chi connectivity index (χ4n) is 2.08. The van der Waals surface area contributed by atoms with Gasteiger partial charge in [-0.15, -0.1) is 0 Å². The number of carbonyl (C=O) groups excluding carboxylic acids is 1. The molecule has 0 saturated heterocycles. The van der Waals surface area contributed by atoms with E-state index in [0.717, 1.165) is 31.7 Å². The predicted molar refractivity (Wildman–Crippen MR) is 98.5 cm³/mol. The van der Waals surface area contributed by atoms with Crippen molar-refractivity contribution in [2.24, 2.45) is 0 Å². The van der Waals surface area contributed by atoms with Crippen LogP contribution in [0.25, 0.3) is 0 Å². The van der Waals surface area contributed by atoms with Gasteiger partial charge in [-0.2, -0.15) is 0 Å². The van der Waals surface area contributed by atoms with Crippen LogP contribution >= 0.6 is 22.6 Å². The Morgan fingerprint density at radius 1 is 1.09 bits per heavy atom. The highest BCUT2D eigenvalue weighted by Gasteiger charge is 2.16. The molecule has 3 nitrogen and oxygen atoms in total. The molecule has 0 fully saturated rings. The Bertz CT molecular complexity index is 697. The van der Waals surface area contributed by atoms with Crippen molar-refractivity contribution in [2.75, 3.05) is 5.32 Å². The first-order chi connectivity index (χ1) is 10.4. The number of carbonyl (C=O) groups is 1. The summed E-state index contributed by atoms with van der Waals surface area (Å²) in [4.78, 5) is 12.3. The van der Waals surface area contributed by atoms with E-state index in [9.17, 15) is 4.79 Å². The molecule has 22 heavy (non-hydrogen) atoms. The van der Waals surface area contributed by atoms with Gasteiger partial charge in [-0.05, 0) is 91.2 Å². The topological polar surface area (TPSA) is 38.3 Å². The molecule has 0 aliphatic rings. The van der Waals surface area contributed by atoms with Crippen LogP contribution in [0, 0.1) is 24.3 Å². The van der Waals surface area contributed by atoms with Crippen LogP contribution in [0.2, 0.25) is 0 Å². The molecule has 0 aromatic heterocycles. The van der Waals surface area contributed by atoms with Crippen molar-refractivity contribution in [1.29, 1.82) is 0 Å². The maximum atomic E-state index is 12.3. The molecule has 1 atom stereocenters. The lowest BCUT2D eigenvalue weighted by atomic mass is 10.1. The van der Waals surface area contributed by atoms with E-state index in [2.05, 4.69) is 27.9 Å². The molecule has 116 valence electrons. The second kappa shape index (κ2) is 7.13. The molecular formula is C18H20INO2. The zero-order valence-corrected chi connectivity index (χ0v) is 15.4. The van der Waals surface area contributed by atoms with Crippen LogP contribution in [-0.2, 0) is 4.79 Å². The van der Waals surface area contributed by atoms with Crippen LogP contribution in [0.5, 0.6) is 5.75 Å². The van der Waals surface area contributed by atoms with Gasteiger partial charge in [0.25, 0.3) is 5.91 Å². The Hall–Kier alpha value is -1.56. The highest BCUT2D eigenvalue weighted by Crippen LogP contribution is 2.22. The average Bonchev–Trinajstić information content (AvgIpc) is 2.45. The van der Waals surface area contributed by atoms with Crippen molar-refractivity contribution in [2.45, 2.75) is 33.8 Å². The van der Waals surface area contributed by atoms with Crippen molar-refractivity contribution in [3.05, 3.63) is 56.7 Å². The Kier molecular flexibility index (Phi) is 5.45. The van der Waals surface area contributed by atoms with Gasteiger partial charge >= 0.3 is 0 Å². The molecule has 0 bridgehead atoms. The van der Waals surface area contributed by atoms with Gasteiger partial charge in [0, 0.05) is 9.26 Å². The Balaban J connectivity index is 2.07.